The summed E-state index contributed by atoms with van der Waals surface area (Å²) in [6, 6.07) is 4.37. The van der Waals surface area contributed by atoms with Crippen molar-refractivity contribution in [3.8, 4) is 5.69 Å². The van der Waals surface area contributed by atoms with Gasteiger partial charge in [0.1, 0.15) is 11.5 Å². The first-order chi connectivity index (χ1) is 11.6. The molecule has 0 spiro atoms. The van der Waals surface area contributed by atoms with Gasteiger partial charge >= 0.3 is 6.16 Å². The Morgan fingerprint density at radius 1 is 1.46 bits per heavy atom. The fourth-order valence-electron chi connectivity index (χ4n) is 2.95. The average molecular weight is 329 g/mol. The molecule has 24 heavy (non-hydrogen) atoms. The maximum absolute atomic E-state index is 13.8. The van der Waals surface area contributed by atoms with E-state index >= 15 is 0 Å². The van der Waals surface area contributed by atoms with Crippen LogP contribution in [0.4, 0.5) is 9.18 Å². The third-order valence-corrected chi connectivity index (χ3v) is 3.93. The van der Waals surface area contributed by atoms with Gasteiger partial charge in [-0.2, -0.15) is 9.79 Å². The van der Waals surface area contributed by atoms with Gasteiger partial charge in [0.15, 0.2) is 12.7 Å². The molecule has 0 saturated carbocycles. The number of amidine groups is 1. The number of aliphatic imine (C=N–C) groups is 1. The molecular weight excluding hydrogens is 315 g/mol. The maximum Gasteiger partial charge on any atom is 0.560 e. The van der Waals surface area contributed by atoms with E-state index in [0.29, 0.717) is 17.1 Å². The number of benzene rings is 1. The molecule has 7 nitrogen and oxygen atoms in total. The van der Waals surface area contributed by atoms with Crippen LogP contribution in [0.1, 0.15) is 18.2 Å². The Hall–Kier alpha value is -3.00. The molecule has 3 heterocycles. The van der Waals surface area contributed by atoms with Crippen LogP contribution in [-0.4, -0.2) is 32.8 Å². The number of nitrogens with zero attached hydrogens (tertiary/aromatic N) is 4. The summed E-state index contributed by atoms with van der Waals surface area (Å²) < 4.78 is 20.2. The molecule has 0 fully saturated rings. The van der Waals surface area contributed by atoms with Crippen LogP contribution < -0.4 is 0 Å². The van der Waals surface area contributed by atoms with E-state index in [1.54, 1.807) is 42.5 Å². The van der Waals surface area contributed by atoms with Gasteiger partial charge in [-0.05, 0) is 29.8 Å². The quantitative estimate of drug-likeness (QED) is 0.627. The first-order valence-corrected chi connectivity index (χ1v) is 7.44. The lowest BCUT2D eigenvalue weighted by Crippen LogP contribution is -2.47. The standard InChI is InChI=1S/C16H14FN4O3/c1-2-23-16(22)24-21-6-5-19-15(21)13-4-3-11(17)7-14(13)20-10-18-8-12(20)9-21/h3-8,10H,2,9H2,1H3/q+1. The highest BCUT2D eigenvalue weighted by Crippen LogP contribution is 2.34. The maximum atomic E-state index is 13.8. The second-order valence-electron chi connectivity index (χ2n) is 5.40. The fraction of sp³-hybridized carbons (Fsp3) is 0.188. The third-order valence-electron chi connectivity index (χ3n) is 3.93. The number of fused-ring (bicyclic) bond motifs is 5. The Balaban J connectivity index is 1.89. The minimum Gasteiger partial charge on any atom is -0.431 e. The number of rotatable bonds is 2. The van der Waals surface area contributed by atoms with Crippen molar-refractivity contribution in [3.63, 3.8) is 0 Å². The van der Waals surface area contributed by atoms with Gasteiger partial charge in [0.2, 0.25) is 0 Å². The molecule has 8 heteroatoms. The lowest BCUT2D eigenvalue weighted by molar-refractivity contribution is -0.986. The van der Waals surface area contributed by atoms with Gasteiger partial charge in [0.05, 0.1) is 36.6 Å². The first-order valence-electron chi connectivity index (χ1n) is 7.44. The van der Waals surface area contributed by atoms with Gasteiger partial charge < -0.3 is 4.74 Å². The molecule has 4 rings (SSSR count). The summed E-state index contributed by atoms with van der Waals surface area (Å²) in [5, 5.41) is 0. The Labute approximate surface area is 136 Å². The molecule has 122 valence electrons. The van der Waals surface area contributed by atoms with Crippen LogP contribution in [0, 0.1) is 5.82 Å². The van der Waals surface area contributed by atoms with Gasteiger partial charge in [-0.25, -0.2) is 14.2 Å². The Kier molecular flexibility index (Phi) is 3.20. The number of hydrogen-bond donors (Lipinski definition) is 0. The molecule has 1 aromatic carbocycles. The zero-order valence-corrected chi connectivity index (χ0v) is 12.8. The second kappa shape index (κ2) is 5.27. The highest BCUT2D eigenvalue weighted by molar-refractivity contribution is 5.99. The summed E-state index contributed by atoms with van der Waals surface area (Å²) in [4.78, 5) is 26.0. The van der Waals surface area contributed by atoms with Gasteiger partial charge in [0.25, 0.3) is 5.84 Å². The van der Waals surface area contributed by atoms with Crippen LogP contribution >= 0.6 is 0 Å². The van der Waals surface area contributed by atoms with E-state index in [-0.39, 0.29) is 23.6 Å². The van der Waals surface area contributed by atoms with Crippen molar-refractivity contribution < 1.29 is 23.4 Å². The number of hydroxylamine groups is 3. The minimum absolute atomic E-state index is 0.203. The van der Waals surface area contributed by atoms with E-state index in [4.69, 9.17) is 9.57 Å². The van der Waals surface area contributed by atoms with Gasteiger partial charge in [-0.15, -0.1) is 0 Å². The molecule has 0 aliphatic carbocycles. The normalized spacial score (nSPS) is 20.5. The van der Waals surface area contributed by atoms with E-state index < -0.39 is 6.16 Å². The SMILES string of the molecule is CCOC(=O)O[N+]12C=CN=C1c1ccc(F)cc1-n1cncc1C2. The smallest absolute Gasteiger partial charge is 0.431 e. The predicted octanol–water partition coefficient (Wildman–Crippen LogP) is 2.66. The van der Waals surface area contributed by atoms with E-state index in [9.17, 15) is 9.18 Å². The minimum atomic E-state index is -0.798. The summed E-state index contributed by atoms with van der Waals surface area (Å²) >= 11 is 0. The highest BCUT2D eigenvalue weighted by Gasteiger charge is 2.47. The van der Waals surface area contributed by atoms with Gasteiger partial charge in [-0.1, -0.05) is 0 Å². The summed E-state index contributed by atoms with van der Waals surface area (Å²) in [6.07, 6.45) is 5.67. The zero-order valence-electron chi connectivity index (χ0n) is 12.8. The molecule has 0 bridgehead atoms. The zero-order chi connectivity index (χ0) is 16.7. The number of aromatic nitrogens is 2. The van der Waals surface area contributed by atoms with Crippen LogP contribution in [0.2, 0.25) is 0 Å². The molecule has 0 radical (unpaired) electrons. The van der Waals surface area contributed by atoms with Crippen molar-refractivity contribution in [1.29, 1.82) is 0 Å². The van der Waals surface area contributed by atoms with Crippen LogP contribution in [-0.2, 0) is 16.1 Å². The third kappa shape index (κ3) is 2.11. The molecule has 1 unspecified atom stereocenters. The summed E-state index contributed by atoms with van der Waals surface area (Å²) in [7, 11) is 0. The first kappa shape index (κ1) is 14.6. The summed E-state index contributed by atoms with van der Waals surface area (Å²) in [6.45, 7) is 2.17. The summed E-state index contributed by atoms with van der Waals surface area (Å²) in [5.41, 5.74) is 2.00. The van der Waals surface area contributed by atoms with Crippen molar-refractivity contribution in [2.24, 2.45) is 4.99 Å². The molecule has 2 aromatic rings. The van der Waals surface area contributed by atoms with Crippen LogP contribution in [0.3, 0.4) is 0 Å². The van der Waals surface area contributed by atoms with Crippen molar-refractivity contribution in [2.45, 2.75) is 13.5 Å². The molecule has 2 aliphatic heterocycles. The number of ether oxygens (including phenoxy) is 1. The van der Waals surface area contributed by atoms with Crippen LogP contribution in [0.15, 0.2) is 48.1 Å². The lowest BCUT2D eigenvalue weighted by Gasteiger charge is -2.25. The van der Waals surface area contributed by atoms with Gasteiger partial charge in [-0.3, -0.25) is 4.57 Å². The Bertz CT molecular complexity index is 889. The average Bonchev–Trinajstić information content (AvgIpc) is 3.13. The molecule has 0 amide bonds. The van der Waals surface area contributed by atoms with Crippen LogP contribution in [0.25, 0.3) is 5.69 Å². The van der Waals surface area contributed by atoms with E-state index in [1.165, 1.54) is 12.1 Å². The van der Waals surface area contributed by atoms with Crippen molar-refractivity contribution in [2.75, 3.05) is 6.61 Å². The number of halogens is 1. The molecular formula is C16H14FN4O3+. The number of carbonyl (C=O) groups excluding carboxylic acids is 1. The van der Waals surface area contributed by atoms with E-state index in [1.807, 2.05) is 0 Å². The monoisotopic (exact) mass is 329 g/mol. The van der Waals surface area contributed by atoms with Gasteiger partial charge in [0, 0.05) is 0 Å². The molecule has 0 saturated heterocycles. The second-order valence-corrected chi connectivity index (χ2v) is 5.40. The molecule has 1 aromatic heterocycles. The number of carbonyl (C=O) groups is 1. The number of quaternary nitrogens is 1. The highest BCUT2D eigenvalue weighted by atomic mass is 19.1. The van der Waals surface area contributed by atoms with E-state index in [0.717, 1.165) is 5.69 Å². The number of hydrogen-bond acceptors (Lipinski definition) is 5. The van der Waals surface area contributed by atoms with Crippen LogP contribution in [0.5, 0.6) is 0 Å². The molecule has 0 N–H and O–H groups in total. The van der Waals surface area contributed by atoms with Crippen molar-refractivity contribution in [3.05, 3.63) is 60.2 Å². The topological polar surface area (TPSA) is 65.7 Å². The fourth-order valence-corrected chi connectivity index (χ4v) is 2.95. The largest absolute Gasteiger partial charge is 0.560 e. The Morgan fingerprint density at radius 3 is 3.17 bits per heavy atom. The van der Waals surface area contributed by atoms with Crippen molar-refractivity contribution in [1.82, 2.24) is 9.55 Å². The van der Waals surface area contributed by atoms with E-state index in [2.05, 4.69) is 9.98 Å². The number of imidazole rings is 1. The predicted molar refractivity (Wildman–Crippen MR) is 81.3 cm³/mol. The molecule has 1 atom stereocenters. The summed E-state index contributed by atoms with van der Waals surface area (Å²) in [5.74, 6) is 0.119. The Morgan fingerprint density at radius 2 is 2.33 bits per heavy atom. The van der Waals surface area contributed by atoms with Crippen molar-refractivity contribution >= 4 is 12.0 Å². The molecule has 2 aliphatic rings. The lowest BCUT2D eigenvalue weighted by atomic mass is 10.1.